The van der Waals surface area contributed by atoms with Gasteiger partial charge in [0.25, 0.3) is 0 Å². The van der Waals surface area contributed by atoms with Crippen molar-refractivity contribution < 1.29 is 19.1 Å². The second-order valence-electron chi connectivity index (χ2n) is 4.10. The smallest absolute Gasteiger partial charge is 0.408 e. The number of hydrogen-bond acceptors (Lipinski definition) is 4. The van der Waals surface area contributed by atoms with Crippen LogP contribution in [0.15, 0.2) is 0 Å². The fourth-order valence-electron chi connectivity index (χ4n) is 1.82. The summed E-state index contributed by atoms with van der Waals surface area (Å²) < 4.78 is 9.94. The van der Waals surface area contributed by atoms with E-state index in [9.17, 15) is 9.59 Å². The number of carbonyl (C=O) groups is 2. The largest absolute Gasteiger partial charge is 0.461 e. The number of nitrogens with one attached hydrogen (secondary N) is 1. The molecule has 3 fully saturated rings. The highest BCUT2D eigenvalue weighted by Crippen LogP contribution is 2.39. The zero-order valence-corrected chi connectivity index (χ0v) is 8.20. The molecule has 0 spiro atoms. The average molecular weight is 199 g/mol. The Balaban J connectivity index is 2.03. The Morgan fingerprint density at radius 1 is 1.64 bits per heavy atom. The second kappa shape index (κ2) is 2.87. The summed E-state index contributed by atoms with van der Waals surface area (Å²) in [6, 6.07) is 0. The quantitative estimate of drug-likeness (QED) is 0.661. The Kier molecular flexibility index (Phi) is 1.90. The maximum atomic E-state index is 11.6. The molecule has 2 saturated heterocycles. The van der Waals surface area contributed by atoms with Crippen LogP contribution in [0.5, 0.6) is 0 Å². The standard InChI is InChI=1S/C9H13NO4/c1-5(2)13-7(11)9-3-6(4-9)14-8(12)10-9/h5-6H,3-4H2,1-2H3,(H,10,12)/t6-,9+. The van der Waals surface area contributed by atoms with Crippen LogP contribution in [0.3, 0.4) is 0 Å². The predicted molar refractivity (Wildman–Crippen MR) is 46.6 cm³/mol. The molecule has 1 saturated carbocycles. The van der Waals surface area contributed by atoms with Crippen LogP contribution in [-0.4, -0.2) is 29.8 Å². The Bertz CT molecular complexity index is 281. The van der Waals surface area contributed by atoms with Gasteiger partial charge in [0.1, 0.15) is 11.6 Å². The van der Waals surface area contributed by atoms with Gasteiger partial charge in [0, 0.05) is 12.8 Å². The Labute approximate surface area is 81.7 Å². The van der Waals surface area contributed by atoms with Gasteiger partial charge < -0.3 is 14.8 Å². The summed E-state index contributed by atoms with van der Waals surface area (Å²) in [4.78, 5) is 22.6. The molecule has 0 aromatic carbocycles. The molecule has 78 valence electrons. The van der Waals surface area contributed by atoms with Crippen LogP contribution in [-0.2, 0) is 14.3 Å². The Morgan fingerprint density at radius 3 is 2.79 bits per heavy atom. The number of carbonyl (C=O) groups excluding carboxylic acids is 2. The molecule has 0 aromatic rings. The fraction of sp³-hybridized carbons (Fsp3) is 0.778. The lowest BCUT2D eigenvalue weighted by molar-refractivity contribution is -0.170. The Hall–Kier alpha value is -1.26. The van der Waals surface area contributed by atoms with Gasteiger partial charge in [-0.15, -0.1) is 0 Å². The molecule has 3 aliphatic rings. The molecule has 5 heteroatoms. The van der Waals surface area contributed by atoms with Crippen molar-refractivity contribution in [1.82, 2.24) is 5.32 Å². The summed E-state index contributed by atoms with van der Waals surface area (Å²) in [5, 5.41) is 2.53. The minimum absolute atomic E-state index is 0.108. The Morgan fingerprint density at radius 2 is 2.29 bits per heavy atom. The van der Waals surface area contributed by atoms with Crippen LogP contribution in [0.25, 0.3) is 0 Å². The number of alkyl carbamates (subject to hydrolysis) is 1. The molecule has 14 heavy (non-hydrogen) atoms. The van der Waals surface area contributed by atoms with E-state index in [1.54, 1.807) is 13.8 Å². The summed E-state index contributed by atoms with van der Waals surface area (Å²) in [7, 11) is 0. The second-order valence-corrected chi connectivity index (χ2v) is 4.10. The lowest BCUT2D eigenvalue weighted by atomic mass is 9.73. The molecule has 2 aliphatic heterocycles. The van der Waals surface area contributed by atoms with Crippen molar-refractivity contribution in [3.05, 3.63) is 0 Å². The lowest BCUT2D eigenvalue weighted by Crippen LogP contribution is -2.70. The van der Waals surface area contributed by atoms with E-state index in [1.807, 2.05) is 0 Å². The molecule has 0 unspecified atom stereocenters. The van der Waals surface area contributed by atoms with Crippen LogP contribution < -0.4 is 5.32 Å². The number of fused-ring (bicyclic) bond motifs is 2. The van der Waals surface area contributed by atoms with Crippen molar-refractivity contribution in [2.24, 2.45) is 0 Å². The maximum Gasteiger partial charge on any atom is 0.408 e. The summed E-state index contributed by atoms with van der Waals surface area (Å²) in [6.45, 7) is 3.57. The van der Waals surface area contributed by atoms with E-state index in [-0.39, 0.29) is 18.2 Å². The summed E-state index contributed by atoms with van der Waals surface area (Å²) in [5.41, 5.74) is -0.801. The molecule has 2 heterocycles. The van der Waals surface area contributed by atoms with E-state index in [0.717, 1.165) is 0 Å². The molecule has 0 aromatic heterocycles. The predicted octanol–water partition coefficient (Wildman–Crippen LogP) is 0.579. The van der Waals surface area contributed by atoms with Gasteiger partial charge in [0.2, 0.25) is 0 Å². The molecule has 2 bridgehead atoms. The molecule has 3 rings (SSSR count). The van der Waals surface area contributed by atoms with Crippen molar-refractivity contribution >= 4 is 12.1 Å². The van der Waals surface area contributed by atoms with Crippen molar-refractivity contribution in [2.75, 3.05) is 0 Å². The van der Waals surface area contributed by atoms with Gasteiger partial charge in [0.15, 0.2) is 0 Å². The molecular weight excluding hydrogens is 186 g/mol. The highest BCUT2D eigenvalue weighted by atomic mass is 16.6. The topological polar surface area (TPSA) is 64.6 Å². The molecule has 1 amide bonds. The van der Waals surface area contributed by atoms with E-state index in [4.69, 9.17) is 9.47 Å². The highest BCUT2D eigenvalue weighted by molar-refractivity contribution is 5.89. The lowest BCUT2D eigenvalue weighted by Gasteiger charge is -2.49. The minimum atomic E-state index is -0.801. The summed E-state index contributed by atoms with van der Waals surface area (Å²) in [6.07, 6.45) is 0.279. The maximum absolute atomic E-state index is 11.6. The first kappa shape index (κ1) is 9.30. The van der Waals surface area contributed by atoms with Gasteiger partial charge >= 0.3 is 12.1 Å². The van der Waals surface area contributed by atoms with E-state index >= 15 is 0 Å². The van der Waals surface area contributed by atoms with Gasteiger partial charge in [-0.2, -0.15) is 0 Å². The summed E-state index contributed by atoms with van der Waals surface area (Å²) in [5.74, 6) is -0.347. The third kappa shape index (κ3) is 1.32. The van der Waals surface area contributed by atoms with Crippen LogP contribution >= 0.6 is 0 Å². The third-order valence-corrected chi connectivity index (χ3v) is 2.50. The number of rotatable bonds is 2. The zero-order valence-electron chi connectivity index (χ0n) is 8.20. The van der Waals surface area contributed by atoms with E-state index < -0.39 is 11.6 Å². The number of amides is 1. The average Bonchev–Trinajstić information content (AvgIpc) is 1.99. The minimum Gasteiger partial charge on any atom is -0.461 e. The number of ether oxygens (including phenoxy) is 2. The molecule has 1 N–H and O–H groups in total. The van der Waals surface area contributed by atoms with Gasteiger partial charge in [-0.3, -0.25) is 0 Å². The van der Waals surface area contributed by atoms with E-state index in [1.165, 1.54) is 0 Å². The molecule has 0 atom stereocenters. The SMILES string of the molecule is CC(C)OC(=O)[C@]12C[C@H](C1)OC(=O)N2. The van der Waals surface area contributed by atoms with E-state index in [2.05, 4.69) is 5.32 Å². The molecule has 1 aliphatic carbocycles. The monoisotopic (exact) mass is 199 g/mol. The van der Waals surface area contributed by atoms with Gasteiger partial charge in [-0.1, -0.05) is 0 Å². The van der Waals surface area contributed by atoms with Gasteiger partial charge in [-0.05, 0) is 13.8 Å². The van der Waals surface area contributed by atoms with Crippen molar-refractivity contribution in [1.29, 1.82) is 0 Å². The number of hydrogen-bond donors (Lipinski definition) is 1. The summed E-state index contributed by atoms with van der Waals surface area (Å²) >= 11 is 0. The van der Waals surface area contributed by atoms with Crippen LogP contribution in [0.2, 0.25) is 0 Å². The first-order valence-electron chi connectivity index (χ1n) is 4.72. The molecule has 0 radical (unpaired) electrons. The van der Waals surface area contributed by atoms with Gasteiger partial charge in [0.05, 0.1) is 6.10 Å². The first-order chi connectivity index (χ1) is 6.52. The van der Waals surface area contributed by atoms with Crippen LogP contribution in [0.4, 0.5) is 4.79 Å². The highest BCUT2D eigenvalue weighted by Gasteiger charge is 2.58. The van der Waals surface area contributed by atoms with Crippen molar-refractivity contribution in [3.8, 4) is 0 Å². The van der Waals surface area contributed by atoms with Crippen molar-refractivity contribution in [2.45, 2.75) is 44.4 Å². The normalized spacial score (nSPS) is 34.2. The van der Waals surface area contributed by atoms with Crippen molar-refractivity contribution in [3.63, 3.8) is 0 Å². The zero-order chi connectivity index (χ0) is 10.3. The van der Waals surface area contributed by atoms with Gasteiger partial charge in [-0.25, -0.2) is 9.59 Å². The third-order valence-electron chi connectivity index (χ3n) is 2.50. The van der Waals surface area contributed by atoms with E-state index in [0.29, 0.717) is 12.8 Å². The molecule has 5 nitrogen and oxygen atoms in total. The first-order valence-corrected chi connectivity index (χ1v) is 4.72. The van der Waals surface area contributed by atoms with Crippen LogP contribution in [0, 0.1) is 0 Å². The number of esters is 1. The molecular formula is C9H13NO4. The fourth-order valence-corrected chi connectivity index (χ4v) is 1.82. The van der Waals surface area contributed by atoms with Crippen LogP contribution in [0.1, 0.15) is 26.7 Å².